The molecule has 0 amide bonds. The quantitative estimate of drug-likeness (QED) is 0.328. The zero-order valence-corrected chi connectivity index (χ0v) is 6.09. The Balaban J connectivity index is 4.06. The Kier molecular flexibility index (Phi) is 3.39. The summed E-state index contributed by atoms with van der Waals surface area (Å²) < 4.78 is 4.33. The summed E-state index contributed by atoms with van der Waals surface area (Å²) >= 11 is 0. The fourth-order valence-corrected chi connectivity index (χ4v) is 0.470. The lowest BCUT2D eigenvalue weighted by Gasteiger charge is -2.02. The first-order valence-electron chi connectivity index (χ1n) is 2.87. The lowest BCUT2D eigenvalue weighted by Crippen LogP contribution is -2.20. The van der Waals surface area contributed by atoms with Crippen LogP contribution in [0.15, 0.2) is 12.7 Å². The highest BCUT2D eigenvalue weighted by atomic mass is 16.5. The van der Waals surface area contributed by atoms with Gasteiger partial charge < -0.3 is 4.74 Å². The minimum atomic E-state index is -0.720. The molecule has 0 aliphatic heterocycles. The average molecular weight is 142 g/mol. The summed E-state index contributed by atoms with van der Waals surface area (Å²) in [6, 6.07) is 0. The fourth-order valence-electron chi connectivity index (χ4n) is 0.470. The Hall–Kier alpha value is -1.12. The minimum absolute atomic E-state index is 0.313. The molecule has 0 fully saturated rings. The van der Waals surface area contributed by atoms with E-state index in [-0.39, 0.29) is 5.78 Å². The molecule has 0 aromatic heterocycles. The van der Waals surface area contributed by atoms with Crippen molar-refractivity contribution < 1.29 is 14.3 Å². The lowest BCUT2D eigenvalue weighted by molar-refractivity contribution is -0.147. The topological polar surface area (TPSA) is 43.4 Å². The highest BCUT2D eigenvalue weighted by molar-refractivity contribution is 6.04. The monoisotopic (exact) mass is 142 g/mol. The van der Waals surface area contributed by atoms with E-state index in [0.29, 0.717) is 0 Å². The van der Waals surface area contributed by atoms with Crippen LogP contribution >= 0.6 is 0 Å². The molecule has 0 saturated heterocycles. The van der Waals surface area contributed by atoms with Crippen molar-refractivity contribution in [3.63, 3.8) is 0 Å². The first-order valence-corrected chi connectivity index (χ1v) is 2.87. The highest BCUT2D eigenvalue weighted by Gasteiger charge is 2.18. The second-order valence-corrected chi connectivity index (χ2v) is 1.85. The van der Waals surface area contributed by atoms with Crippen LogP contribution in [0.2, 0.25) is 0 Å². The number of ether oxygens (including phenoxy) is 1. The zero-order valence-electron chi connectivity index (χ0n) is 6.09. The Morgan fingerprint density at radius 2 is 2.10 bits per heavy atom. The Morgan fingerprint density at radius 3 is 2.40 bits per heavy atom. The summed E-state index contributed by atoms with van der Waals surface area (Å²) in [7, 11) is 1.25. The smallest absolute Gasteiger partial charge is 0.316 e. The number of carbonyl (C=O) groups is 2. The molecule has 1 atom stereocenters. The van der Waals surface area contributed by atoms with E-state index < -0.39 is 11.9 Å². The molecule has 3 heteroatoms. The van der Waals surface area contributed by atoms with Crippen LogP contribution in [-0.4, -0.2) is 18.9 Å². The number of methoxy groups -OCH3 is 1. The second-order valence-electron chi connectivity index (χ2n) is 1.85. The largest absolute Gasteiger partial charge is 0.468 e. The van der Waals surface area contributed by atoms with Crippen molar-refractivity contribution in [3.05, 3.63) is 12.7 Å². The maximum atomic E-state index is 10.7. The van der Waals surface area contributed by atoms with Gasteiger partial charge in [-0.1, -0.05) is 6.58 Å². The number of esters is 1. The van der Waals surface area contributed by atoms with Crippen LogP contribution in [0.3, 0.4) is 0 Å². The molecule has 10 heavy (non-hydrogen) atoms. The van der Waals surface area contributed by atoms with Crippen molar-refractivity contribution in [2.75, 3.05) is 7.11 Å². The fraction of sp³-hybridized carbons (Fsp3) is 0.429. The summed E-state index contributed by atoms with van der Waals surface area (Å²) in [5.41, 5.74) is 0. The van der Waals surface area contributed by atoms with Gasteiger partial charge in [-0.3, -0.25) is 9.59 Å². The van der Waals surface area contributed by atoms with E-state index in [2.05, 4.69) is 11.3 Å². The molecular formula is C7H10O3. The first kappa shape index (κ1) is 8.88. The number of rotatable bonds is 3. The molecule has 0 heterocycles. The third kappa shape index (κ3) is 2.01. The second kappa shape index (κ2) is 3.82. The molecular weight excluding hydrogens is 132 g/mol. The molecule has 0 spiro atoms. The van der Waals surface area contributed by atoms with E-state index in [1.807, 2.05) is 0 Å². The minimum Gasteiger partial charge on any atom is -0.468 e. The van der Waals surface area contributed by atoms with Gasteiger partial charge >= 0.3 is 5.97 Å². The Bertz CT molecular complexity index is 160. The SMILES string of the molecule is C=CC(=O)[C@@H](C)C(=O)OC. The van der Waals surface area contributed by atoms with Crippen LogP contribution in [0, 0.1) is 5.92 Å². The third-order valence-corrected chi connectivity index (χ3v) is 1.18. The van der Waals surface area contributed by atoms with Gasteiger partial charge in [0.05, 0.1) is 7.11 Å². The summed E-state index contributed by atoms with van der Waals surface area (Å²) in [6.45, 7) is 4.72. The van der Waals surface area contributed by atoms with E-state index in [0.717, 1.165) is 6.08 Å². The summed E-state index contributed by atoms with van der Waals surface area (Å²) in [5, 5.41) is 0. The molecule has 0 aliphatic rings. The summed E-state index contributed by atoms with van der Waals surface area (Å²) in [6.07, 6.45) is 1.11. The average Bonchev–Trinajstić information content (AvgIpc) is 2.00. The molecule has 0 rings (SSSR count). The molecule has 0 saturated carbocycles. The number of hydrogen-bond acceptors (Lipinski definition) is 3. The van der Waals surface area contributed by atoms with Crippen LogP contribution in [0.1, 0.15) is 6.92 Å². The standard InChI is InChI=1S/C7H10O3/c1-4-6(8)5(2)7(9)10-3/h4-5H,1H2,2-3H3/t5-/m1/s1. The van der Waals surface area contributed by atoms with Gasteiger partial charge in [-0.2, -0.15) is 0 Å². The highest BCUT2D eigenvalue weighted by Crippen LogP contribution is 1.99. The maximum absolute atomic E-state index is 10.7. The zero-order chi connectivity index (χ0) is 8.15. The molecule has 0 aliphatic carbocycles. The van der Waals surface area contributed by atoms with Gasteiger partial charge in [0.15, 0.2) is 5.78 Å². The molecule has 0 aromatic carbocycles. The molecule has 0 aromatic rings. The van der Waals surface area contributed by atoms with Crippen molar-refractivity contribution in [1.29, 1.82) is 0 Å². The van der Waals surface area contributed by atoms with Gasteiger partial charge in [-0.25, -0.2) is 0 Å². The van der Waals surface area contributed by atoms with Gasteiger partial charge in [0, 0.05) is 0 Å². The summed E-state index contributed by atoms with van der Waals surface area (Å²) in [4.78, 5) is 21.3. The van der Waals surface area contributed by atoms with E-state index in [1.54, 1.807) is 0 Å². The van der Waals surface area contributed by atoms with Crippen LogP contribution in [0.5, 0.6) is 0 Å². The van der Waals surface area contributed by atoms with Gasteiger partial charge in [0.1, 0.15) is 5.92 Å². The maximum Gasteiger partial charge on any atom is 0.316 e. The lowest BCUT2D eigenvalue weighted by atomic mass is 10.1. The van der Waals surface area contributed by atoms with Crippen molar-refractivity contribution in [3.8, 4) is 0 Å². The van der Waals surface area contributed by atoms with Crippen molar-refractivity contribution >= 4 is 11.8 Å². The molecule has 0 unspecified atom stereocenters. The Morgan fingerprint density at radius 1 is 1.60 bits per heavy atom. The van der Waals surface area contributed by atoms with Crippen LogP contribution in [-0.2, 0) is 14.3 Å². The summed E-state index contributed by atoms with van der Waals surface area (Å²) in [5.74, 6) is -1.56. The van der Waals surface area contributed by atoms with Crippen molar-refractivity contribution in [1.82, 2.24) is 0 Å². The Labute approximate surface area is 59.7 Å². The van der Waals surface area contributed by atoms with E-state index in [4.69, 9.17) is 0 Å². The predicted molar refractivity (Wildman–Crippen MR) is 36.4 cm³/mol. The van der Waals surface area contributed by atoms with Gasteiger partial charge in [-0.15, -0.1) is 0 Å². The van der Waals surface area contributed by atoms with Crippen LogP contribution in [0.25, 0.3) is 0 Å². The number of carbonyl (C=O) groups excluding carboxylic acids is 2. The van der Waals surface area contributed by atoms with Gasteiger partial charge in [-0.05, 0) is 13.0 Å². The van der Waals surface area contributed by atoms with E-state index >= 15 is 0 Å². The van der Waals surface area contributed by atoms with E-state index in [9.17, 15) is 9.59 Å². The van der Waals surface area contributed by atoms with Gasteiger partial charge in [0.25, 0.3) is 0 Å². The number of hydrogen-bond donors (Lipinski definition) is 0. The van der Waals surface area contributed by atoms with Crippen LogP contribution < -0.4 is 0 Å². The first-order chi connectivity index (χ1) is 4.63. The molecule has 0 radical (unpaired) electrons. The predicted octanol–water partition coefficient (Wildman–Crippen LogP) is 0.551. The third-order valence-electron chi connectivity index (χ3n) is 1.18. The molecule has 0 N–H and O–H groups in total. The number of ketones is 1. The van der Waals surface area contributed by atoms with Crippen molar-refractivity contribution in [2.24, 2.45) is 5.92 Å². The van der Waals surface area contributed by atoms with Crippen LogP contribution in [0.4, 0.5) is 0 Å². The van der Waals surface area contributed by atoms with Gasteiger partial charge in [0.2, 0.25) is 0 Å². The molecule has 3 nitrogen and oxygen atoms in total. The van der Waals surface area contributed by atoms with Crippen molar-refractivity contribution in [2.45, 2.75) is 6.92 Å². The normalized spacial score (nSPS) is 11.8. The molecule has 0 bridgehead atoms. The van der Waals surface area contributed by atoms with E-state index in [1.165, 1.54) is 14.0 Å². The number of allylic oxidation sites excluding steroid dienone is 1. The molecule has 56 valence electrons.